The van der Waals surface area contributed by atoms with Crippen molar-refractivity contribution >= 4 is 11.0 Å². The van der Waals surface area contributed by atoms with Crippen LogP contribution in [0.15, 0.2) is 128 Å². The topological polar surface area (TPSA) is 50.9 Å². The normalized spacial score (nSPS) is 13.9. The summed E-state index contributed by atoms with van der Waals surface area (Å²) in [5, 5.41) is 12.3. The van der Waals surface area contributed by atoms with Gasteiger partial charge < -0.3 is 5.11 Å². The second-order valence-corrected chi connectivity index (χ2v) is 19.6. The third-order valence-corrected chi connectivity index (χ3v) is 12.6. The molecule has 8 rings (SSSR count). The van der Waals surface area contributed by atoms with Crippen LogP contribution in [0.3, 0.4) is 0 Å². The van der Waals surface area contributed by atoms with E-state index in [1.807, 2.05) is 145 Å². The average molecular weight is 1060 g/mol. The van der Waals surface area contributed by atoms with Crippen LogP contribution in [0.1, 0.15) is 160 Å². The first-order valence-electron chi connectivity index (χ1n) is 25.2. The van der Waals surface area contributed by atoms with Crippen LogP contribution in [0.4, 0.5) is 0 Å². The summed E-state index contributed by atoms with van der Waals surface area (Å²) in [7, 11) is 0. The Morgan fingerprint density at radius 1 is 0.576 bits per heavy atom. The number of hydrogen-bond acceptors (Lipinski definition) is 3. The summed E-state index contributed by atoms with van der Waals surface area (Å²) < 4.78 is 47.1. The third kappa shape index (κ3) is 9.50. The van der Waals surface area contributed by atoms with Crippen molar-refractivity contribution in [2.75, 3.05) is 0 Å². The second kappa shape index (κ2) is 19.3. The molecule has 0 aliphatic rings. The number of fused-ring (bicyclic) bond motifs is 1. The molecule has 2 heterocycles. The van der Waals surface area contributed by atoms with Crippen molar-refractivity contribution in [2.24, 2.45) is 0 Å². The van der Waals surface area contributed by atoms with Gasteiger partial charge in [-0.25, -0.2) is 4.98 Å². The molecule has 66 heavy (non-hydrogen) atoms. The van der Waals surface area contributed by atoms with Gasteiger partial charge in [0.1, 0.15) is 11.6 Å². The largest absolute Gasteiger partial charge is 0.507 e. The van der Waals surface area contributed by atoms with Gasteiger partial charge in [-0.05, 0) is 115 Å². The van der Waals surface area contributed by atoms with Crippen molar-refractivity contribution in [3.8, 4) is 67.5 Å². The van der Waals surface area contributed by atoms with E-state index in [1.54, 1.807) is 19.9 Å². The van der Waals surface area contributed by atoms with Crippen molar-refractivity contribution in [2.45, 2.75) is 125 Å². The van der Waals surface area contributed by atoms with Crippen LogP contribution < -0.4 is 0 Å². The van der Waals surface area contributed by atoms with Gasteiger partial charge in [0.05, 0.1) is 16.6 Å². The van der Waals surface area contributed by atoms with Gasteiger partial charge in [-0.1, -0.05) is 180 Å². The van der Waals surface area contributed by atoms with E-state index in [4.69, 9.17) is 16.8 Å². The average Bonchev–Trinajstić information content (AvgIpc) is 3.66. The van der Waals surface area contributed by atoms with Gasteiger partial charge in [0.2, 0.25) is 0 Å². The van der Waals surface area contributed by atoms with Crippen molar-refractivity contribution in [3.63, 3.8) is 0 Å². The van der Waals surface area contributed by atoms with E-state index in [1.165, 1.54) is 0 Å². The molecule has 5 heteroatoms. The minimum absolute atomic E-state index is 0. The summed E-state index contributed by atoms with van der Waals surface area (Å²) in [5.74, 6) is -4.42. The van der Waals surface area contributed by atoms with Crippen LogP contribution in [-0.4, -0.2) is 19.6 Å². The van der Waals surface area contributed by atoms with Crippen LogP contribution in [-0.2, 0) is 26.5 Å². The molecule has 0 saturated heterocycles. The molecule has 0 unspecified atom stereocenters. The van der Waals surface area contributed by atoms with Crippen molar-refractivity contribution in [1.82, 2.24) is 14.5 Å². The number of phenols is 1. The molecule has 0 bridgehead atoms. The third-order valence-electron chi connectivity index (χ3n) is 12.6. The van der Waals surface area contributed by atoms with Gasteiger partial charge in [0, 0.05) is 45.5 Å². The van der Waals surface area contributed by atoms with Crippen LogP contribution >= 0.6 is 0 Å². The summed E-state index contributed by atoms with van der Waals surface area (Å²) >= 11 is 0. The number of rotatable bonds is 11. The fraction of sp³-hybridized carbons (Fsp3) is 0.311. The number of hydrogen-bond donors (Lipinski definition) is 1. The molecule has 0 aliphatic heterocycles. The van der Waals surface area contributed by atoms with E-state index in [2.05, 4.69) is 63.2 Å². The quantitative estimate of drug-likeness (QED) is 0.131. The molecule has 342 valence electrons. The van der Waals surface area contributed by atoms with Gasteiger partial charge in [0.15, 0.2) is 0 Å². The molecular weight excluding hydrogens is 986 g/mol. The Morgan fingerprint density at radius 3 is 1.76 bits per heavy atom. The van der Waals surface area contributed by atoms with E-state index < -0.39 is 29.5 Å². The maximum absolute atomic E-state index is 12.3. The van der Waals surface area contributed by atoms with Crippen LogP contribution in [0, 0.1) is 6.07 Å². The Balaban J connectivity index is 0.00000741. The summed E-state index contributed by atoms with van der Waals surface area (Å²) in [4.78, 5) is 10.4. The maximum Gasteiger partial charge on any atom is 0.148 e. The number of benzene rings is 6. The first-order chi connectivity index (χ1) is 32.4. The zero-order valence-corrected chi connectivity index (χ0v) is 43.0. The fourth-order valence-corrected chi connectivity index (χ4v) is 8.75. The summed E-state index contributed by atoms with van der Waals surface area (Å²) in [6.45, 7) is 25.0. The molecule has 6 aromatic carbocycles. The number of imidazole rings is 1. The Hall–Kier alpha value is -5.57. The standard InChI is InChI=1S/C61H66N3O.Pt/c1-36(2)41-20-22-42(23-21-41)44-28-29-62-55(35-44)47-30-46(31-48(32-47)61(11,12)13)52-18-15-19-56-58(52)63-60(54-34-45(37(3)4)33-53(40(9)10)59(54)65)64(56)49-26-24-43(25-27-49)57-50(38(5)6)16-14-17-51(57)39(7)8;/h14-29,31-40,65H,1-13H3;/q-1;/i36D,37D,38D,39D,40D;. The smallest absolute Gasteiger partial charge is 0.148 e. The fourth-order valence-electron chi connectivity index (χ4n) is 8.75. The van der Waals surface area contributed by atoms with E-state index >= 15 is 0 Å². The number of aromatic hydroxyl groups is 1. The molecule has 0 aliphatic carbocycles. The first-order valence-corrected chi connectivity index (χ1v) is 22.7. The SMILES string of the molecule is [2H]C(C)(C)c1ccc(-c2ccnc(-c3[c-]c(-c4cccc5c4nc(-c4cc(C([2H])(C)C)cc(C([2H])(C)C)c4O)n5-c4ccc(-c5c(C([2H])(C)C)cccc5C([2H])(C)C)cc4)cc(C(C)(C)C)c3)c2)cc1.[Pt]. The Morgan fingerprint density at radius 2 is 1.17 bits per heavy atom. The first kappa shape index (κ1) is 41.8. The number of phenolic OH excluding ortho intramolecular Hbond substituents is 1. The Labute approximate surface area is 415 Å². The molecule has 0 fully saturated rings. The summed E-state index contributed by atoms with van der Waals surface area (Å²) in [6.07, 6.45) is 1.83. The zero-order chi connectivity index (χ0) is 51.1. The Kier molecular flexibility index (Phi) is 12.3. The minimum atomic E-state index is -1.20. The summed E-state index contributed by atoms with van der Waals surface area (Å²) in [6, 6.07) is 44.1. The number of pyridine rings is 1. The molecule has 1 N–H and O–H groups in total. The van der Waals surface area contributed by atoms with Crippen LogP contribution in [0.5, 0.6) is 5.75 Å². The zero-order valence-electron chi connectivity index (χ0n) is 45.7. The molecule has 4 nitrogen and oxygen atoms in total. The number of nitrogens with zero attached hydrogens (tertiary/aromatic N) is 3. The van der Waals surface area contributed by atoms with E-state index in [0.29, 0.717) is 28.0 Å². The van der Waals surface area contributed by atoms with Crippen LogP contribution in [0.2, 0.25) is 0 Å². The van der Waals surface area contributed by atoms with E-state index in [-0.39, 0.29) is 32.2 Å². The van der Waals surface area contributed by atoms with E-state index in [9.17, 15) is 5.11 Å². The molecule has 0 spiro atoms. The second-order valence-electron chi connectivity index (χ2n) is 19.6. The van der Waals surface area contributed by atoms with Gasteiger partial charge in [-0.3, -0.25) is 9.55 Å². The maximum atomic E-state index is 12.3. The molecule has 2 aromatic heterocycles. The van der Waals surface area contributed by atoms with Gasteiger partial charge in [-0.15, -0.1) is 29.3 Å². The molecule has 0 amide bonds. The van der Waals surface area contributed by atoms with Crippen LogP contribution in [0.25, 0.3) is 72.7 Å². The molecule has 0 atom stereocenters. The molecular formula is C61H66N3OPt-. The molecule has 0 saturated carbocycles. The molecule has 0 radical (unpaired) electrons. The Bertz CT molecular complexity index is 3230. The summed E-state index contributed by atoms with van der Waals surface area (Å²) in [5.41, 5.74) is 14.2. The van der Waals surface area contributed by atoms with E-state index in [0.717, 1.165) is 78.1 Å². The van der Waals surface area contributed by atoms with Crippen molar-refractivity contribution in [3.05, 3.63) is 167 Å². The van der Waals surface area contributed by atoms with Crippen molar-refractivity contribution < 1.29 is 33.0 Å². The van der Waals surface area contributed by atoms with Gasteiger partial charge in [0.25, 0.3) is 0 Å². The predicted molar refractivity (Wildman–Crippen MR) is 276 cm³/mol. The monoisotopic (exact) mass is 1060 g/mol. The molecule has 8 aromatic rings. The van der Waals surface area contributed by atoms with Gasteiger partial charge in [-0.2, -0.15) is 0 Å². The van der Waals surface area contributed by atoms with Crippen molar-refractivity contribution in [1.29, 1.82) is 0 Å². The van der Waals surface area contributed by atoms with Gasteiger partial charge >= 0.3 is 0 Å². The number of aromatic nitrogens is 3. The predicted octanol–water partition coefficient (Wildman–Crippen LogP) is 17.2. The number of para-hydroxylation sites is 1. The minimum Gasteiger partial charge on any atom is -0.507 e.